The maximum Gasteiger partial charge on any atom is 0.146 e. The number of nitrogens with one attached hydrogen (secondary N) is 1. The maximum absolute atomic E-state index is 14.2. The van der Waals surface area contributed by atoms with Gasteiger partial charge < -0.3 is 10.2 Å². The lowest BCUT2D eigenvalue weighted by Crippen LogP contribution is -2.37. The van der Waals surface area contributed by atoms with Crippen LogP contribution in [0.5, 0.6) is 0 Å². The Balaban J connectivity index is 2.13. The highest BCUT2D eigenvalue weighted by molar-refractivity contribution is 5.50. The molecule has 0 heterocycles. The zero-order valence-electron chi connectivity index (χ0n) is 11.5. The molecule has 3 heteroatoms. The van der Waals surface area contributed by atoms with Crippen LogP contribution in [-0.4, -0.2) is 19.6 Å². The normalized spacial score (nSPS) is 17.3. The van der Waals surface area contributed by atoms with E-state index in [1.165, 1.54) is 19.3 Å². The predicted octanol–water partition coefficient (Wildman–Crippen LogP) is 3.48. The van der Waals surface area contributed by atoms with Crippen molar-refractivity contribution in [2.24, 2.45) is 0 Å². The first kappa shape index (κ1) is 13.3. The number of rotatable bonds is 5. The standard InChI is InChI=1S/C15H23FN2/c1-4-17-11(2)12-8-9-15(14(16)10-12)18(3)13-6-5-7-13/h8-11,13,17H,4-7H2,1-3H3. The summed E-state index contributed by atoms with van der Waals surface area (Å²) in [5.41, 5.74) is 1.74. The molecule has 0 spiro atoms. The SMILES string of the molecule is CCNC(C)c1ccc(N(C)C2CCC2)c(F)c1. The van der Waals surface area contributed by atoms with E-state index in [1.54, 1.807) is 6.07 Å². The highest BCUT2D eigenvalue weighted by Crippen LogP contribution is 2.30. The number of nitrogens with zero attached hydrogens (tertiary/aromatic N) is 1. The van der Waals surface area contributed by atoms with Crippen LogP contribution in [0.25, 0.3) is 0 Å². The Bertz CT molecular complexity index is 401. The lowest BCUT2D eigenvalue weighted by molar-refractivity contribution is 0.397. The van der Waals surface area contributed by atoms with Gasteiger partial charge in [0.1, 0.15) is 5.82 Å². The van der Waals surface area contributed by atoms with Gasteiger partial charge in [-0.25, -0.2) is 4.39 Å². The number of hydrogen-bond acceptors (Lipinski definition) is 2. The first-order valence-corrected chi connectivity index (χ1v) is 6.89. The van der Waals surface area contributed by atoms with Crippen LogP contribution >= 0.6 is 0 Å². The summed E-state index contributed by atoms with van der Waals surface area (Å²) in [5, 5.41) is 3.30. The summed E-state index contributed by atoms with van der Waals surface area (Å²) >= 11 is 0. The lowest BCUT2D eigenvalue weighted by atomic mass is 9.91. The number of hydrogen-bond donors (Lipinski definition) is 1. The lowest BCUT2D eigenvalue weighted by Gasteiger charge is -2.36. The number of benzene rings is 1. The summed E-state index contributed by atoms with van der Waals surface area (Å²) in [6.07, 6.45) is 3.64. The van der Waals surface area contributed by atoms with Crippen LogP contribution in [0.4, 0.5) is 10.1 Å². The highest BCUT2D eigenvalue weighted by Gasteiger charge is 2.24. The molecule has 0 bridgehead atoms. The molecule has 0 saturated heterocycles. The topological polar surface area (TPSA) is 15.3 Å². The molecule has 100 valence electrons. The second-order valence-corrected chi connectivity index (χ2v) is 5.19. The Morgan fingerprint density at radius 2 is 2.17 bits per heavy atom. The third-order valence-corrected chi connectivity index (χ3v) is 3.98. The van der Waals surface area contributed by atoms with Gasteiger partial charge in [0.25, 0.3) is 0 Å². The van der Waals surface area contributed by atoms with Gasteiger partial charge in [0.2, 0.25) is 0 Å². The van der Waals surface area contributed by atoms with E-state index in [1.807, 2.05) is 19.2 Å². The molecule has 1 N–H and O–H groups in total. The molecular formula is C15H23FN2. The number of halogens is 1. The quantitative estimate of drug-likeness (QED) is 0.860. The Morgan fingerprint density at radius 1 is 1.44 bits per heavy atom. The Labute approximate surface area is 109 Å². The van der Waals surface area contributed by atoms with Crippen molar-refractivity contribution in [2.75, 3.05) is 18.5 Å². The van der Waals surface area contributed by atoms with Gasteiger partial charge in [-0.3, -0.25) is 0 Å². The minimum Gasteiger partial charge on any atom is -0.369 e. The monoisotopic (exact) mass is 250 g/mol. The fourth-order valence-corrected chi connectivity index (χ4v) is 2.47. The van der Waals surface area contributed by atoms with E-state index >= 15 is 0 Å². The first-order chi connectivity index (χ1) is 8.63. The molecule has 18 heavy (non-hydrogen) atoms. The van der Waals surface area contributed by atoms with Gasteiger partial charge in [-0.15, -0.1) is 0 Å². The van der Waals surface area contributed by atoms with Crippen molar-refractivity contribution >= 4 is 5.69 Å². The second-order valence-electron chi connectivity index (χ2n) is 5.19. The largest absolute Gasteiger partial charge is 0.369 e. The van der Waals surface area contributed by atoms with Crippen LogP contribution in [0, 0.1) is 5.82 Å². The summed E-state index contributed by atoms with van der Waals surface area (Å²) in [6.45, 7) is 5.02. The van der Waals surface area contributed by atoms with Crippen molar-refractivity contribution in [3.8, 4) is 0 Å². The second kappa shape index (κ2) is 5.70. The van der Waals surface area contributed by atoms with E-state index in [9.17, 15) is 4.39 Å². The van der Waals surface area contributed by atoms with Crippen LogP contribution in [0.1, 0.15) is 44.7 Å². The molecule has 1 fully saturated rings. The molecule has 1 saturated carbocycles. The van der Waals surface area contributed by atoms with Gasteiger partial charge in [-0.2, -0.15) is 0 Å². The van der Waals surface area contributed by atoms with Crippen LogP contribution in [0.2, 0.25) is 0 Å². The third-order valence-electron chi connectivity index (χ3n) is 3.98. The molecule has 1 aliphatic rings. The van der Waals surface area contributed by atoms with E-state index in [2.05, 4.69) is 24.1 Å². The summed E-state index contributed by atoms with van der Waals surface area (Å²) < 4.78 is 14.2. The Kier molecular flexibility index (Phi) is 4.23. The molecule has 0 aliphatic heterocycles. The molecule has 1 aromatic rings. The highest BCUT2D eigenvalue weighted by atomic mass is 19.1. The van der Waals surface area contributed by atoms with Gasteiger partial charge in [0.05, 0.1) is 5.69 Å². The minimum absolute atomic E-state index is 0.105. The first-order valence-electron chi connectivity index (χ1n) is 6.89. The molecule has 0 amide bonds. The van der Waals surface area contributed by atoms with E-state index in [-0.39, 0.29) is 11.9 Å². The predicted molar refractivity (Wildman–Crippen MR) is 74.5 cm³/mol. The fraction of sp³-hybridized carbons (Fsp3) is 0.600. The molecule has 0 aromatic heterocycles. The van der Waals surface area contributed by atoms with Gasteiger partial charge in [0, 0.05) is 19.1 Å². The van der Waals surface area contributed by atoms with Crippen molar-refractivity contribution < 1.29 is 4.39 Å². The molecular weight excluding hydrogens is 227 g/mol. The minimum atomic E-state index is -0.105. The third kappa shape index (κ3) is 2.66. The maximum atomic E-state index is 14.2. The Morgan fingerprint density at radius 3 is 2.67 bits per heavy atom. The van der Waals surface area contributed by atoms with Crippen molar-refractivity contribution in [3.05, 3.63) is 29.6 Å². The number of anilines is 1. The van der Waals surface area contributed by atoms with Gasteiger partial charge in [-0.1, -0.05) is 13.0 Å². The van der Waals surface area contributed by atoms with Crippen molar-refractivity contribution in [1.29, 1.82) is 0 Å². The van der Waals surface area contributed by atoms with Crippen molar-refractivity contribution in [1.82, 2.24) is 5.32 Å². The molecule has 2 rings (SSSR count). The van der Waals surface area contributed by atoms with Gasteiger partial charge >= 0.3 is 0 Å². The van der Waals surface area contributed by atoms with Gasteiger partial charge in [-0.05, 0) is 50.4 Å². The molecule has 1 atom stereocenters. The Hall–Kier alpha value is -1.09. The molecule has 0 radical (unpaired) electrons. The summed E-state index contributed by atoms with van der Waals surface area (Å²) in [5.74, 6) is -0.105. The fourth-order valence-electron chi connectivity index (χ4n) is 2.47. The van der Waals surface area contributed by atoms with Crippen LogP contribution in [0.15, 0.2) is 18.2 Å². The summed E-state index contributed by atoms with van der Waals surface area (Å²) in [4.78, 5) is 2.08. The van der Waals surface area contributed by atoms with E-state index in [0.29, 0.717) is 6.04 Å². The van der Waals surface area contributed by atoms with Crippen LogP contribution in [0.3, 0.4) is 0 Å². The van der Waals surface area contributed by atoms with Crippen LogP contribution in [-0.2, 0) is 0 Å². The average molecular weight is 250 g/mol. The zero-order valence-corrected chi connectivity index (χ0v) is 11.5. The van der Waals surface area contributed by atoms with E-state index in [0.717, 1.165) is 17.8 Å². The molecule has 1 aromatic carbocycles. The van der Waals surface area contributed by atoms with Crippen LogP contribution < -0.4 is 10.2 Å². The van der Waals surface area contributed by atoms with E-state index in [4.69, 9.17) is 0 Å². The molecule has 1 unspecified atom stereocenters. The average Bonchev–Trinajstić information content (AvgIpc) is 2.26. The smallest absolute Gasteiger partial charge is 0.146 e. The summed E-state index contributed by atoms with van der Waals surface area (Å²) in [7, 11) is 2.00. The summed E-state index contributed by atoms with van der Waals surface area (Å²) in [6, 6.07) is 6.33. The van der Waals surface area contributed by atoms with E-state index < -0.39 is 0 Å². The van der Waals surface area contributed by atoms with Crippen molar-refractivity contribution in [2.45, 2.75) is 45.2 Å². The molecule has 2 nitrogen and oxygen atoms in total. The van der Waals surface area contributed by atoms with Gasteiger partial charge in [0.15, 0.2) is 0 Å². The van der Waals surface area contributed by atoms with Crippen molar-refractivity contribution in [3.63, 3.8) is 0 Å². The molecule has 1 aliphatic carbocycles. The zero-order chi connectivity index (χ0) is 13.1.